The van der Waals surface area contributed by atoms with Crippen LogP contribution in [0.15, 0.2) is 23.0 Å². The molecule has 1 saturated carbocycles. The lowest BCUT2D eigenvalue weighted by Crippen LogP contribution is -2.62. The van der Waals surface area contributed by atoms with Crippen molar-refractivity contribution in [1.29, 1.82) is 0 Å². The second-order valence-electron chi connectivity index (χ2n) is 7.28. The van der Waals surface area contributed by atoms with E-state index in [0.29, 0.717) is 31.0 Å². The summed E-state index contributed by atoms with van der Waals surface area (Å²) in [6.07, 6.45) is 7.98. The van der Waals surface area contributed by atoms with E-state index in [9.17, 15) is 9.59 Å². The van der Waals surface area contributed by atoms with Gasteiger partial charge in [0, 0.05) is 32.0 Å². The molecular formula is C18H24N2O4. The first kappa shape index (κ1) is 15.7. The number of carbonyl (C=O) groups excluding carboxylic acids is 2. The number of rotatable bonds is 4. The number of ether oxygens (including phenoxy) is 1. The Morgan fingerprint density at radius 2 is 2.12 bits per heavy atom. The molecule has 1 aliphatic carbocycles. The van der Waals surface area contributed by atoms with E-state index in [4.69, 9.17) is 9.15 Å². The Balaban J connectivity index is 1.46. The van der Waals surface area contributed by atoms with Crippen molar-refractivity contribution in [2.75, 3.05) is 19.7 Å². The van der Waals surface area contributed by atoms with Gasteiger partial charge in [0.1, 0.15) is 6.26 Å². The Morgan fingerprint density at radius 1 is 1.25 bits per heavy atom. The highest BCUT2D eigenvalue weighted by molar-refractivity contribution is 5.94. The highest BCUT2D eigenvalue weighted by Gasteiger charge is 2.42. The zero-order valence-electron chi connectivity index (χ0n) is 13.8. The van der Waals surface area contributed by atoms with Gasteiger partial charge in [-0.25, -0.2) is 0 Å². The molecule has 3 fully saturated rings. The minimum absolute atomic E-state index is 0.0234. The summed E-state index contributed by atoms with van der Waals surface area (Å²) >= 11 is 0. The third-order valence-corrected chi connectivity index (χ3v) is 5.34. The van der Waals surface area contributed by atoms with Gasteiger partial charge in [-0.1, -0.05) is 0 Å². The molecule has 6 heteroatoms. The molecule has 1 aromatic heterocycles. The summed E-state index contributed by atoms with van der Waals surface area (Å²) in [6, 6.07) is 1.57. The normalized spacial score (nSPS) is 29.8. The SMILES string of the molecule is O=C(CC1CC1)N[C@H]1CN(C(=O)c2ccoc2)C[C@@H]2CCCO[C@H]21. The molecule has 3 atom stereocenters. The summed E-state index contributed by atoms with van der Waals surface area (Å²) in [5.74, 6) is 0.900. The molecule has 0 radical (unpaired) electrons. The lowest BCUT2D eigenvalue weighted by Gasteiger charge is -2.45. The Morgan fingerprint density at radius 3 is 2.88 bits per heavy atom. The number of nitrogens with zero attached hydrogens (tertiary/aromatic N) is 1. The lowest BCUT2D eigenvalue weighted by atomic mass is 9.85. The Kier molecular flexibility index (Phi) is 4.31. The van der Waals surface area contributed by atoms with Crippen molar-refractivity contribution in [3.63, 3.8) is 0 Å². The molecule has 2 saturated heterocycles. The fourth-order valence-electron chi connectivity index (χ4n) is 3.92. The van der Waals surface area contributed by atoms with Gasteiger partial charge in [0.05, 0.1) is 24.0 Å². The molecule has 3 aliphatic rings. The summed E-state index contributed by atoms with van der Waals surface area (Å²) in [4.78, 5) is 26.8. The standard InChI is InChI=1S/C18H24N2O4/c21-16(8-12-3-4-12)19-15-10-20(18(22)14-5-7-23-11-14)9-13-2-1-6-24-17(13)15/h5,7,11-13,15,17H,1-4,6,8-10H2,(H,19,21)/t13-,15-,17+/m0/s1. The van der Waals surface area contributed by atoms with E-state index in [-0.39, 0.29) is 29.9 Å². The summed E-state index contributed by atoms with van der Waals surface area (Å²) in [5, 5.41) is 3.14. The second kappa shape index (κ2) is 6.59. The molecule has 24 heavy (non-hydrogen) atoms. The average Bonchev–Trinajstić information content (AvgIpc) is 3.23. The number of hydrogen-bond donors (Lipinski definition) is 1. The van der Waals surface area contributed by atoms with Crippen molar-refractivity contribution < 1.29 is 18.7 Å². The van der Waals surface area contributed by atoms with Crippen LogP contribution < -0.4 is 5.32 Å². The van der Waals surface area contributed by atoms with Gasteiger partial charge >= 0.3 is 0 Å². The van der Waals surface area contributed by atoms with Crippen LogP contribution in [0.1, 0.15) is 42.5 Å². The first-order valence-corrected chi connectivity index (χ1v) is 8.93. The zero-order chi connectivity index (χ0) is 16.5. The molecule has 1 N–H and O–H groups in total. The summed E-state index contributed by atoms with van der Waals surface area (Å²) in [5.41, 5.74) is 0.563. The minimum Gasteiger partial charge on any atom is -0.472 e. The van der Waals surface area contributed by atoms with Crippen LogP contribution in [-0.2, 0) is 9.53 Å². The molecule has 4 rings (SSSR count). The molecule has 1 aromatic rings. The van der Waals surface area contributed by atoms with Gasteiger partial charge in [-0.15, -0.1) is 0 Å². The Bertz CT molecular complexity index is 596. The lowest BCUT2D eigenvalue weighted by molar-refractivity contribution is -0.127. The highest BCUT2D eigenvalue weighted by atomic mass is 16.5. The fraction of sp³-hybridized carbons (Fsp3) is 0.667. The van der Waals surface area contributed by atoms with Crippen molar-refractivity contribution in [2.24, 2.45) is 11.8 Å². The van der Waals surface area contributed by atoms with Crippen molar-refractivity contribution in [1.82, 2.24) is 10.2 Å². The number of piperidine rings is 1. The van der Waals surface area contributed by atoms with Gasteiger partial charge in [-0.05, 0) is 37.7 Å². The topological polar surface area (TPSA) is 71.8 Å². The van der Waals surface area contributed by atoms with Gasteiger partial charge in [-0.3, -0.25) is 9.59 Å². The largest absolute Gasteiger partial charge is 0.472 e. The van der Waals surface area contributed by atoms with E-state index in [1.165, 1.54) is 12.5 Å². The molecule has 130 valence electrons. The number of fused-ring (bicyclic) bond motifs is 1. The monoisotopic (exact) mass is 332 g/mol. The first-order valence-electron chi connectivity index (χ1n) is 8.93. The van der Waals surface area contributed by atoms with Crippen LogP contribution >= 0.6 is 0 Å². The van der Waals surface area contributed by atoms with Crippen molar-refractivity contribution in [2.45, 2.75) is 44.2 Å². The second-order valence-corrected chi connectivity index (χ2v) is 7.28. The molecule has 2 amide bonds. The number of amides is 2. The number of furan rings is 1. The van der Waals surface area contributed by atoms with Crippen LogP contribution in [0.5, 0.6) is 0 Å². The molecule has 0 bridgehead atoms. The summed E-state index contributed by atoms with van der Waals surface area (Å²) < 4.78 is 11.0. The fourth-order valence-corrected chi connectivity index (χ4v) is 3.92. The van der Waals surface area contributed by atoms with Gasteiger partial charge in [0.25, 0.3) is 5.91 Å². The van der Waals surface area contributed by atoms with E-state index in [1.807, 2.05) is 4.90 Å². The van der Waals surface area contributed by atoms with E-state index in [2.05, 4.69) is 5.32 Å². The predicted octanol–water partition coefficient (Wildman–Crippen LogP) is 1.82. The minimum atomic E-state index is -0.119. The quantitative estimate of drug-likeness (QED) is 0.913. The van der Waals surface area contributed by atoms with Gasteiger partial charge in [0.15, 0.2) is 0 Å². The van der Waals surface area contributed by atoms with E-state index in [0.717, 1.165) is 32.3 Å². The van der Waals surface area contributed by atoms with Gasteiger partial charge < -0.3 is 19.4 Å². The van der Waals surface area contributed by atoms with E-state index < -0.39 is 0 Å². The molecule has 0 unspecified atom stereocenters. The highest BCUT2D eigenvalue weighted by Crippen LogP contribution is 2.33. The smallest absolute Gasteiger partial charge is 0.257 e. The van der Waals surface area contributed by atoms with Crippen LogP contribution in [0.4, 0.5) is 0 Å². The van der Waals surface area contributed by atoms with E-state index >= 15 is 0 Å². The van der Waals surface area contributed by atoms with Gasteiger partial charge in [-0.2, -0.15) is 0 Å². The number of hydrogen-bond acceptors (Lipinski definition) is 4. The van der Waals surface area contributed by atoms with Crippen molar-refractivity contribution in [3.05, 3.63) is 24.2 Å². The van der Waals surface area contributed by atoms with E-state index in [1.54, 1.807) is 6.07 Å². The third-order valence-electron chi connectivity index (χ3n) is 5.34. The predicted molar refractivity (Wildman–Crippen MR) is 86.3 cm³/mol. The maximum absolute atomic E-state index is 12.7. The number of nitrogens with one attached hydrogen (secondary N) is 1. The molecule has 6 nitrogen and oxygen atoms in total. The maximum atomic E-state index is 12.7. The molecular weight excluding hydrogens is 308 g/mol. The molecule has 0 spiro atoms. The van der Waals surface area contributed by atoms with Gasteiger partial charge in [0.2, 0.25) is 5.91 Å². The van der Waals surface area contributed by atoms with Crippen LogP contribution in [0.3, 0.4) is 0 Å². The number of likely N-dealkylation sites (tertiary alicyclic amines) is 1. The molecule has 2 aliphatic heterocycles. The van der Waals surface area contributed by atoms with Crippen LogP contribution in [0.25, 0.3) is 0 Å². The van der Waals surface area contributed by atoms with Crippen LogP contribution in [0, 0.1) is 11.8 Å². The third kappa shape index (κ3) is 3.34. The van der Waals surface area contributed by atoms with Crippen LogP contribution in [0.2, 0.25) is 0 Å². The maximum Gasteiger partial charge on any atom is 0.257 e. The summed E-state index contributed by atoms with van der Waals surface area (Å²) in [6.45, 7) is 1.93. The molecule has 0 aromatic carbocycles. The van der Waals surface area contributed by atoms with Crippen molar-refractivity contribution in [3.8, 4) is 0 Å². The Hall–Kier alpha value is -1.82. The molecule has 3 heterocycles. The zero-order valence-corrected chi connectivity index (χ0v) is 13.8. The average molecular weight is 332 g/mol. The van der Waals surface area contributed by atoms with Crippen molar-refractivity contribution >= 4 is 11.8 Å². The Labute approximate surface area is 141 Å². The summed E-state index contributed by atoms with van der Waals surface area (Å²) in [7, 11) is 0. The number of carbonyl (C=O) groups is 2. The first-order chi connectivity index (χ1) is 11.7. The van der Waals surface area contributed by atoms with Crippen LogP contribution in [-0.4, -0.2) is 48.6 Å².